The second-order valence-corrected chi connectivity index (χ2v) is 6.38. The number of benzene rings is 1. The van der Waals surface area contributed by atoms with Gasteiger partial charge in [0.1, 0.15) is 11.3 Å². The summed E-state index contributed by atoms with van der Waals surface area (Å²) in [7, 11) is 0. The van der Waals surface area contributed by atoms with Gasteiger partial charge in [0.2, 0.25) is 5.78 Å². The zero-order valence-corrected chi connectivity index (χ0v) is 14.0. The number of ketones is 1. The molecule has 94 valence electrons. The SMILES string of the molecule is O=C(c1ccccc1)c1cnc2cc(I)cc(I)n12. The fraction of sp³-hybridized carbons (Fsp3) is 0. The number of pyridine rings is 1. The number of hydrogen-bond acceptors (Lipinski definition) is 2. The van der Waals surface area contributed by atoms with Crippen molar-refractivity contribution in [2.45, 2.75) is 0 Å². The van der Waals surface area contributed by atoms with E-state index in [0.717, 1.165) is 12.9 Å². The van der Waals surface area contributed by atoms with Gasteiger partial charge in [-0.3, -0.25) is 9.20 Å². The first-order valence-electron chi connectivity index (χ1n) is 5.59. The van der Waals surface area contributed by atoms with Crippen LogP contribution in [0.1, 0.15) is 16.1 Å². The topological polar surface area (TPSA) is 34.4 Å². The smallest absolute Gasteiger partial charge is 0.211 e. The average molecular weight is 474 g/mol. The minimum absolute atomic E-state index is 0.00720. The van der Waals surface area contributed by atoms with Gasteiger partial charge in [-0.15, -0.1) is 0 Å². The van der Waals surface area contributed by atoms with Gasteiger partial charge in [0.25, 0.3) is 0 Å². The second kappa shape index (κ2) is 5.20. The highest BCUT2D eigenvalue weighted by Crippen LogP contribution is 2.19. The van der Waals surface area contributed by atoms with E-state index < -0.39 is 0 Å². The van der Waals surface area contributed by atoms with Crippen LogP contribution in [0.15, 0.2) is 48.7 Å². The molecule has 0 saturated heterocycles. The Bertz CT molecular complexity index is 766. The molecule has 0 saturated carbocycles. The van der Waals surface area contributed by atoms with Crippen LogP contribution in [0.25, 0.3) is 5.65 Å². The zero-order chi connectivity index (χ0) is 13.4. The van der Waals surface area contributed by atoms with E-state index in [1.165, 1.54) is 0 Å². The Balaban J connectivity index is 2.19. The van der Waals surface area contributed by atoms with E-state index in [-0.39, 0.29) is 5.78 Å². The summed E-state index contributed by atoms with van der Waals surface area (Å²) in [4.78, 5) is 16.8. The normalized spacial score (nSPS) is 10.8. The maximum atomic E-state index is 12.5. The highest BCUT2D eigenvalue weighted by atomic mass is 127. The molecule has 2 heterocycles. The molecule has 0 fully saturated rings. The molecule has 3 aromatic rings. The molecule has 1 aromatic carbocycles. The lowest BCUT2D eigenvalue weighted by Gasteiger charge is -2.04. The quantitative estimate of drug-likeness (QED) is 0.322. The summed E-state index contributed by atoms with van der Waals surface area (Å²) in [5, 5.41) is 0. The Hall–Kier alpha value is -0.960. The molecule has 0 bridgehead atoms. The van der Waals surface area contributed by atoms with Crippen LogP contribution in [0.3, 0.4) is 0 Å². The van der Waals surface area contributed by atoms with Gasteiger partial charge in [-0.05, 0) is 57.3 Å². The van der Waals surface area contributed by atoms with Crippen molar-refractivity contribution >= 4 is 56.6 Å². The molecule has 0 aliphatic rings. The highest BCUT2D eigenvalue weighted by molar-refractivity contribution is 14.1. The van der Waals surface area contributed by atoms with Crippen molar-refractivity contribution in [3.8, 4) is 0 Å². The van der Waals surface area contributed by atoms with Gasteiger partial charge in [-0.1, -0.05) is 30.3 Å². The van der Waals surface area contributed by atoms with E-state index in [9.17, 15) is 4.79 Å². The first-order chi connectivity index (χ1) is 9.16. The maximum Gasteiger partial charge on any atom is 0.211 e. The third-order valence-corrected chi connectivity index (χ3v) is 4.21. The Morgan fingerprint density at radius 3 is 2.58 bits per heavy atom. The monoisotopic (exact) mass is 474 g/mol. The number of imidazole rings is 1. The first kappa shape index (κ1) is 13.0. The number of hydrogen-bond donors (Lipinski definition) is 0. The molecular formula is C14H8I2N2O. The van der Waals surface area contributed by atoms with E-state index in [1.807, 2.05) is 46.9 Å². The Labute approximate surface area is 137 Å². The summed E-state index contributed by atoms with van der Waals surface area (Å²) in [5.74, 6) is -0.00720. The van der Waals surface area contributed by atoms with Crippen molar-refractivity contribution in [2.24, 2.45) is 0 Å². The minimum atomic E-state index is -0.00720. The predicted octanol–water partition coefficient (Wildman–Crippen LogP) is 3.77. The van der Waals surface area contributed by atoms with E-state index in [1.54, 1.807) is 6.20 Å². The van der Waals surface area contributed by atoms with Gasteiger partial charge in [0, 0.05) is 9.13 Å². The lowest BCUT2D eigenvalue weighted by molar-refractivity contribution is 0.103. The molecule has 0 atom stereocenters. The number of carbonyl (C=O) groups excluding carboxylic acids is 1. The van der Waals surface area contributed by atoms with Crippen LogP contribution in [0.4, 0.5) is 0 Å². The summed E-state index contributed by atoms with van der Waals surface area (Å²) in [6.07, 6.45) is 1.64. The standard InChI is InChI=1S/C14H8I2N2O/c15-10-6-12(16)18-11(8-17-13(18)7-10)14(19)9-4-2-1-3-5-9/h1-8H. The summed E-state index contributed by atoms with van der Waals surface area (Å²) in [6.45, 7) is 0. The fourth-order valence-corrected chi connectivity index (χ4v) is 3.95. The van der Waals surface area contributed by atoms with E-state index in [0.29, 0.717) is 11.3 Å². The molecular weight excluding hydrogens is 466 g/mol. The lowest BCUT2D eigenvalue weighted by atomic mass is 10.1. The number of halogens is 2. The van der Waals surface area contributed by atoms with Crippen molar-refractivity contribution in [2.75, 3.05) is 0 Å². The molecule has 0 spiro atoms. The van der Waals surface area contributed by atoms with Gasteiger partial charge in [-0.2, -0.15) is 0 Å². The number of carbonyl (C=O) groups is 1. The Kier molecular flexibility index (Phi) is 3.57. The summed E-state index contributed by atoms with van der Waals surface area (Å²) in [6, 6.07) is 13.3. The number of fused-ring (bicyclic) bond motifs is 1. The Morgan fingerprint density at radius 1 is 1.11 bits per heavy atom. The minimum Gasteiger partial charge on any atom is -0.287 e. The molecule has 0 aliphatic heterocycles. The van der Waals surface area contributed by atoms with Crippen LogP contribution in [0.2, 0.25) is 0 Å². The van der Waals surface area contributed by atoms with Crippen LogP contribution >= 0.6 is 45.2 Å². The zero-order valence-electron chi connectivity index (χ0n) is 9.68. The van der Waals surface area contributed by atoms with Crippen LogP contribution in [-0.2, 0) is 0 Å². The van der Waals surface area contributed by atoms with Crippen LogP contribution in [0.5, 0.6) is 0 Å². The molecule has 5 heteroatoms. The largest absolute Gasteiger partial charge is 0.287 e. The van der Waals surface area contributed by atoms with E-state index >= 15 is 0 Å². The van der Waals surface area contributed by atoms with Crippen LogP contribution in [-0.4, -0.2) is 15.2 Å². The van der Waals surface area contributed by atoms with Crippen LogP contribution in [0, 0.1) is 7.27 Å². The van der Waals surface area contributed by atoms with Crippen molar-refractivity contribution in [3.63, 3.8) is 0 Å². The molecule has 0 N–H and O–H groups in total. The first-order valence-corrected chi connectivity index (χ1v) is 7.75. The molecule has 3 nitrogen and oxygen atoms in total. The van der Waals surface area contributed by atoms with E-state index in [2.05, 4.69) is 50.2 Å². The predicted molar refractivity (Wildman–Crippen MR) is 90.5 cm³/mol. The summed E-state index contributed by atoms with van der Waals surface area (Å²) >= 11 is 4.47. The molecule has 3 rings (SSSR count). The number of rotatable bonds is 2. The lowest BCUT2D eigenvalue weighted by Crippen LogP contribution is -2.07. The molecule has 2 aromatic heterocycles. The number of aromatic nitrogens is 2. The number of nitrogens with zero attached hydrogens (tertiary/aromatic N) is 2. The molecule has 0 aliphatic carbocycles. The average Bonchev–Trinajstić information content (AvgIpc) is 2.83. The van der Waals surface area contributed by atoms with E-state index in [4.69, 9.17) is 0 Å². The molecule has 0 unspecified atom stereocenters. The second-order valence-electron chi connectivity index (χ2n) is 4.03. The maximum absolute atomic E-state index is 12.5. The highest BCUT2D eigenvalue weighted by Gasteiger charge is 2.15. The fourth-order valence-electron chi connectivity index (χ4n) is 1.93. The van der Waals surface area contributed by atoms with Gasteiger partial charge < -0.3 is 0 Å². The van der Waals surface area contributed by atoms with Gasteiger partial charge in [0.05, 0.1) is 9.90 Å². The van der Waals surface area contributed by atoms with Crippen molar-refractivity contribution in [1.82, 2.24) is 9.38 Å². The summed E-state index contributed by atoms with van der Waals surface area (Å²) in [5.41, 5.74) is 2.08. The molecule has 0 radical (unpaired) electrons. The molecule has 19 heavy (non-hydrogen) atoms. The van der Waals surface area contributed by atoms with Gasteiger partial charge in [-0.25, -0.2) is 4.98 Å². The van der Waals surface area contributed by atoms with Gasteiger partial charge >= 0.3 is 0 Å². The van der Waals surface area contributed by atoms with Crippen molar-refractivity contribution < 1.29 is 4.79 Å². The molecule has 0 amide bonds. The van der Waals surface area contributed by atoms with Crippen molar-refractivity contribution in [1.29, 1.82) is 0 Å². The third-order valence-electron chi connectivity index (χ3n) is 2.80. The van der Waals surface area contributed by atoms with Crippen LogP contribution < -0.4 is 0 Å². The third kappa shape index (κ3) is 2.40. The van der Waals surface area contributed by atoms with Crippen molar-refractivity contribution in [3.05, 3.63) is 67.2 Å². The summed E-state index contributed by atoms with van der Waals surface area (Å²) < 4.78 is 3.98. The van der Waals surface area contributed by atoms with Gasteiger partial charge in [0.15, 0.2) is 0 Å². The Morgan fingerprint density at radius 2 is 1.84 bits per heavy atom.